The standard InChI is InChI=1S/C12H14N2O7/c15-5-1-3-12(20)7(6-16)21-10(9(12)18)14-4-2-8(17)13-11(14)19/h1-5,7,9-10,16,18,20H,6H2,(H,13,17,19)/t7-,9?,10-,12?/m0/s1. The fourth-order valence-electron chi connectivity index (χ4n) is 2.20. The van der Waals surface area contributed by atoms with Crippen LogP contribution in [-0.4, -0.2) is 55.6 Å². The molecule has 1 aliphatic rings. The van der Waals surface area contributed by atoms with E-state index in [1.807, 2.05) is 4.98 Å². The van der Waals surface area contributed by atoms with Crippen LogP contribution in [0.1, 0.15) is 6.23 Å². The molecule has 4 N–H and O–H groups in total. The maximum atomic E-state index is 11.7. The van der Waals surface area contributed by atoms with Gasteiger partial charge in [0.05, 0.1) is 6.61 Å². The zero-order valence-corrected chi connectivity index (χ0v) is 10.7. The van der Waals surface area contributed by atoms with Gasteiger partial charge in [-0.25, -0.2) is 4.79 Å². The minimum absolute atomic E-state index is 0.388. The summed E-state index contributed by atoms with van der Waals surface area (Å²) in [6, 6.07) is 1.05. The molecule has 0 radical (unpaired) electrons. The summed E-state index contributed by atoms with van der Waals surface area (Å²) in [6.45, 7) is -0.647. The van der Waals surface area contributed by atoms with Crippen molar-refractivity contribution in [1.82, 2.24) is 9.55 Å². The summed E-state index contributed by atoms with van der Waals surface area (Å²) in [5, 5.41) is 29.8. The number of allylic oxidation sites excluding steroid dienone is 1. The predicted octanol–water partition coefficient (Wildman–Crippen LogP) is -2.73. The number of H-pyrrole nitrogens is 1. The number of ether oxygens (including phenoxy) is 1. The van der Waals surface area contributed by atoms with Gasteiger partial charge >= 0.3 is 5.69 Å². The molecule has 0 saturated carbocycles. The summed E-state index contributed by atoms with van der Waals surface area (Å²) >= 11 is 0. The van der Waals surface area contributed by atoms with Crippen molar-refractivity contribution in [3.05, 3.63) is 45.3 Å². The highest BCUT2D eigenvalue weighted by atomic mass is 16.6. The Kier molecular flexibility index (Phi) is 4.19. The Labute approximate surface area is 117 Å². The van der Waals surface area contributed by atoms with Crippen molar-refractivity contribution in [2.45, 2.75) is 24.0 Å². The summed E-state index contributed by atoms with van der Waals surface area (Å²) in [4.78, 5) is 35.1. The zero-order valence-electron chi connectivity index (χ0n) is 10.7. The molecule has 2 heterocycles. The summed E-state index contributed by atoms with van der Waals surface area (Å²) in [5.74, 6) is 0. The first-order valence-corrected chi connectivity index (χ1v) is 6.05. The van der Waals surface area contributed by atoms with Gasteiger partial charge in [0.2, 0.25) is 0 Å². The zero-order chi connectivity index (χ0) is 15.6. The van der Waals surface area contributed by atoms with E-state index in [1.54, 1.807) is 0 Å². The lowest BCUT2D eigenvalue weighted by Crippen LogP contribution is -2.48. The van der Waals surface area contributed by atoms with Gasteiger partial charge in [-0.15, -0.1) is 0 Å². The number of aromatic amines is 1. The number of carbonyl (C=O) groups excluding carboxylic acids is 1. The third-order valence-electron chi connectivity index (χ3n) is 3.30. The van der Waals surface area contributed by atoms with Crippen molar-refractivity contribution in [3.8, 4) is 0 Å². The number of nitrogens with one attached hydrogen (secondary N) is 1. The lowest BCUT2D eigenvalue weighted by Gasteiger charge is -2.26. The van der Waals surface area contributed by atoms with E-state index < -0.39 is 41.9 Å². The van der Waals surface area contributed by atoms with Crippen LogP contribution < -0.4 is 11.2 Å². The van der Waals surface area contributed by atoms with Gasteiger partial charge < -0.3 is 20.1 Å². The van der Waals surface area contributed by atoms with Crippen LogP contribution in [0.2, 0.25) is 0 Å². The van der Waals surface area contributed by atoms with Gasteiger partial charge in [0, 0.05) is 12.3 Å². The molecule has 1 aliphatic heterocycles. The third-order valence-corrected chi connectivity index (χ3v) is 3.30. The fourth-order valence-corrected chi connectivity index (χ4v) is 2.20. The summed E-state index contributed by atoms with van der Waals surface area (Å²) < 4.78 is 6.14. The number of aldehydes is 1. The average molecular weight is 298 g/mol. The molecular weight excluding hydrogens is 284 g/mol. The number of carbonyl (C=O) groups is 1. The second-order valence-electron chi connectivity index (χ2n) is 4.54. The van der Waals surface area contributed by atoms with Crippen LogP contribution >= 0.6 is 0 Å². The maximum absolute atomic E-state index is 11.7. The van der Waals surface area contributed by atoms with E-state index in [0.717, 1.165) is 29.0 Å². The van der Waals surface area contributed by atoms with Gasteiger partial charge in [0.25, 0.3) is 5.56 Å². The summed E-state index contributed by atoms with van der Waals surface area (Å²) in [6.07, 6.45) is -0.776. The lowest BCUT2D eigenvalue weighted by atomic mass is 9.92. The van der Waals surface area contributed by atoms with Crippen LogP contribution in [0.4, 0.5) is 0 Å². The van der Waals surface area contributed by atoms with Gasteiger partial charge in [-0.1, -0.05) is 0 Å². The van der Waals surface area contributed by atoms with Gasteiger partial charge in [0.15, 0.2) is 6.23 Å². The Morgan fingerprint density at radius 2 is 2.19 bits per heavy atom. The number of hydrogen-bond acceptors (Lipinski definition) is 7. The lowest BCUT2D eigenvalue weighted by molar-refractivity contribution is -0.104. The predicted molar refractivity (Wildman–Crippen MR) is 68.5 cm³/mol. The van der Waals surface area contributed by atoms with Crippen LogP contribution in [-0.2, 0) is 9.53 Å². The van der Waals surface area contributed by atoms with Gasteiger partial charge in [-0.2, -0.15) is 0 Å². The van der Waals surface area contributed by atoms with E-state index in [1.165, 1.54) is 0 Å². The molecule has 114 valence electrons. The Morgan fingerprint density at radius 3 is 2.76 bits per heavy atom. The molecule has 0 amide bonds. The van der Waals surface area contributed by atoms with Crippen LogP contribution in [0.15, 0.2) is 34.0 Å². The molecule has 21 heavy (non-hydrogen) atoms. The third kappa shape index (κ3) is 2.59. The minimum Gasteiger partial charge on any atom is -0.394 e. The topological polar surface area (TPSA) is 142 Å². The highest BCUT2D eigenvalue weighted by Gasteiger charge is 2.54. The van der Waals surface area contributed by atoms with Gasteiger partial charge in [-0.05, 0) is 12.2 Å². The molecule has 9 heteroatoms. The maximum Gasteiger partial charge on any atom is 0.330 e. The Bertz CT molecular complexity index is 664. The Morgan fingerprint density at radius 1 is 1.48 bits per heavy atom. The van der Waals surface area contributed by atoms with E-state index in [-0.39, 0.29) is 0 Å². The number of aliphatic hydroxyl groups is 3. The Hall–Kier alpha value is -2.07. The molecule has 0 aliphatic carbocycles. The quantitative estimate of drug-likeness (QED) is 0.349. The molecule has 0 bridgehead atoms. The molecule has 1 saturated heterocycles. The first kappa shape index (κ1) is 15.3. The second-order valence-corrected chi connectivity index (χ2v) is 4.54. The average Bonchev–Trinajstić information content (AvgIpc) is 2.70. The van der Waals surface area contributed by atoms with Crippen molar-refractivity contribution in [1.29, 1.82) is 0 Å². The molecule has 9 nitrogen and oxygen atoms in total. The van der Waals surface area contributed by atoms with Gasteiger partial charge in [0.1, 0.15) is 24.1 Å². The molecule has 2 rings (SSSR count). The fraction of sp³-hybridized carbons (Fsp3) is 0.417. The number of hydrogen-bond donors (Lipinski definition) is 4. The largest absolute Gasteiger partial charge is 0.394 e. The first-order valence-electron chi connectivity index (χ1n) is 6.05. The number of aliphatic hydroxyl groups excluding tert-OH is 2. The number of rotatable bonds is 4. The number of aromatic nitrogens is 2. The van der Waals surface area contributed by atoms with Crippen LogP contribution in [0.25, 0.3) is 0 Å². The van der Waals surface area contributed by atoms with E-state index in [0.29, 0.717) is 6.29 Å². The molecule has 0 spiro atoms. The van der Waals surface area contributed by atoms with E-state index in [9.17, 15) is 29.7 Å². The molecular formula is C12H14N2O7. The Balaban J connectivity index is 2.44. The first-order chi connectivity index (χ1) is 9.93. The van der Waals surface area contributed by atoms with Crippen molar-refractivity contribution in [2.24, 2.45) is 0 Å². The highest BCUT2D eigenvalue weighted by molar-refractivity contribution is 5.65. The normalized spacial score (nSPS) is 32.6. The molecule has 1 aromatic heterocycles. The molecule has 1 fully saturated rings. The molecule has 1 aromatic rings. The molecule has 4 atom stereocenters. The summed E-state index contributed by atoms with van der Waals surface area (Å²) in [7, 11) is 0. The second kappa shape index (κ2) is 5.74. The highest BCUT2D eigenvalue weighted by Crippen LogP contribution is 2.37. The molecule has 2 unspecified atom stereocenters. The smallest absolute Gasteiger partial charge is 0.330 e. The van der Waals surface area contributed by atoms with Crippen molar-refractivity contribution in [2.75, 3.05) is 6.61 Å². The SMILES string of the molecule is O=CC=CC1(O)C(O)[C@@H](n2ccc(=O)[nH]c2=O)O[C@H]1CO. The van der Waals surface area contributed by atoms with Crippen LogP contribution in [0.3, 0.4) is 0 Å². The van der Waals surface area contributed by atoms with Crippen LogP contribution in [0.5, 0.6) is 0 Å². The van der Waals surface area contributed by atoms with Crippen molar-refractivity contribution >= 4 is 6.29 Å². The number of nitrogens with zero attached hydrogens (tertiary/aromatic N) is 1. The van der Waals surface area contributed by atoms with E-state index in [4.69, 9.17) is 4.74 Å². The van der Waals surface area contributed by atoms with Crippen LogP contribution in [0, 0.1) is 0 Å². The van der Waals surface area contributed by atoms with E-state index >= 15 is 0 Å². The monoisotopic (exact) mass is 298 g/mol. The molecule has 0 aromatic carbocycles. The van der Waals surface area contributed by atoms with Crippen molar-refractivity contribution in [3.63, 3.8) is 0 Å². The van der Waals surface area contributed by atoms with E-state index in [2.05, 4.69) is 0 Å². The van der Waals surface area contributed by atoms with Crippen molar-refractivity contribution < 1.29 is 24.9 Å². The summed E-state index contributed by atoms with van der Waals surface area (Å²) in [5.41, 5.74) is -3.51. The minimum atomic E-state index is -2.05. The van der Waals surface area contributed by atoms with Gasteiger partial charge in [-0.3, -0.25) is 19.1 Å².